The van der Waals surface area contributed by atoms with Gasteiger partial charge in [-0.2, -0.15) is 26.3 Å². The van der Waals surface area contributed by atoms with E-state index in [0.29, 0.717) is 0 Å². The summed E-state index contributed by atoms with van der Waals surface area (Å²) in [6, 6.07) is 0. The van der Waals surface area contributed by atoms with Crippen LogP contribution in [0.25, 0.3) is 0 Å². The molecule has 13 heteroatoms. The number of hydrogen-bond donors (Lipinski definition) is 0. The second-order valence-corrected chi connectivity index (χ2v) is 6.57. The van der Waals surface area contributed by atoms with Crippen LogP contribution in [-0.2, 0) is 19.7 Å². The minimum atomic E-state index is -6.35. The second-order valence-electron chi connectivity index (χ2n) is 2.24. The molecule has 0 rings (SSSR count). The van der Waals surface area contributed by atoms with Gasteiger partial charge in [0.1, 0.15) is 0 Å². The molecule has 0 spiro atoms. The van der Waals surface area contributed by atoms with Crippen molar-refractivity contribution in [3.63, 3.8) is 0 Å². The van der Waals surface area contributed by atoms with E-state index in [2.05, 4.69) is 0 Å². The van der Waals surface area contributed by atoms with Crippen LogP contribution in [-0.4, -0.2) is 32.9 Å². The minimum Gasteiger partial charge on any atom is -0.218 e. The summed E-state index contributed by atoms with van der Waals surface area (Å²) < 4.78 is 110. The van der Waals surface area contributed by atoms with Crippen molar-refractivity contribution in [2.24, 2.45) is 0 Å². The summed E-state index contributed by atoms with van der Waals surface area (Å²) in [6.07, 6.45) is 0. The molecule has 0 amide bonds. The monoisotopic (exact) mass is 319 g/mol. The van der Waals surface area contributed by atoms with Gasteiger partial charge in [-0.05, 0) is 0 Å². The van der Waals surface area contributed by atoms with Crippen LogP contribution in [0.4, 0.5) is 26.3 Å². The molecule has 0 aromatic heterocycles. The van der Waals surface area contributed by atoms with Gasteiger partial charge in [-0.15, -0.1) is 0 Å². The van der Waals surface area contributed by atoms with Crippen LogP contribution in [0.15, 0.2) is 0 Å². The maximum atomic E-state index is 11.5. The Hall–Kier alpha value is 1.12. The molecule has 0 aliphatic rings. The van der Waals surface area contributed by atoms with Gasteiger partial charge in [0.25, 0.3) is 19.7 Å². The first-order valence-electron chi connectivity index (χ1n) is 2.79. The van der Waals surface area contributed by atoms with Gasteiger partial charge in [-0.1, -0.05) is 0 Å². The molecule has 4 nitrogen and oxygen atoms in total. The second kappa shape index (κ2) is 5.40. The molecular weight excluding hydrogens is 317 g/mol. The third-order valence-corrected chi connectivity index (χ3v) is 4.91. The molecule has 92 valence electrons. The SMILES string of the molecule is O=S(=O)(CS(=O)(=O)C(F)(F)F)C(F)(F)F.[K+]. The minimum absolute atomic E-state index is 0. The molecule has 16 heavy (non-hydrogen) atoms. The molecule has 0 aliphatic carbocycles. The third-order valence-electron chi connectivity index (χ3n) is 1.02. The molecule has 0 unspecified atom stereocenters. The Morgan fingerprint density at radius 2 is 0.875 bits per heavy atom. The fraction of sp³-hybridized carbons (Fsp3) is 1.00. The average molecular weight is 319 g/mol. The molecule has 0 N–H and O–H groups in total. The van der Waals surface area contributed by atoms with Crippen molar-refractivity contribution in [2.75, 3.05) is 5.08 Å². The average Bonchev–Trinajstić information content (AvgIpc) is 1.77. The van der Waals surface area contributed by atoms with Crippen molar-refractivity contribution < 1.29 is 94.6 Å². The van der Waals surface area contributed by atoms with E-state index < -0.39 is 35.8 Å². The van der Waals surface area contributed by atoms with Crippen molar-refractivity contribution >= 4 is 19.7 Å². The standard InChI is InChI=1S/C3H2F6O4S2.K/c4-2(5,6)14(10,11)1-15(12,13)3(7,8)9;/h1H2;/q;+1. The third kappa shape index (κ3) is 4.78. The van der Waals surface area contributed by atoms with Crippen molar-refractivity contribution in [3.05, 3.63) is 0 Å². The zero-order chi connectivity index (χ0) is 12.7. The zero-order valence-corrected chi connectivity index (χ0v) is 12.2. The van der Waals surface area contributed by atoms with E-state index in [0.717, 1.165) is 0 Å². The summed E-state index contributed by atoms with van der Waals surface area (Å²) in [7, 11) is -12.7. The number of rotatable bonds is 2. The molecule has 0 aliphatic heterocycles. The predicted molar refractivity (Wildman–Crippen MR) is 34.8 cm³/mol. The first kappa shape index (κ1) is 19.5. The molecule has 0 aromatic rings. The van der Waals surface area contributed by atoms with Gasteiger partial charge in [0, 0.05) is 0 Å². The van der Waals surface area contributed by atoms with Gasteiger partial charge >= 0.3 is 62.4 Å². The summed E-state index contributed by atoms with van der Waals surface area (Å²) in [5.74, 6) is 0. The molecule has 0 radical (unpaired) electrons. The molecule has 0 fully saturated rings. The normalized spacial score (nSPS) is 14.4. The van der Waals surface area contributed by atoms with Gasteiger partial charge in [0.15, 0.2) is 5.08 Å². The van der Waals surface area contributed by atoms with Crippen LogP contribution in [0, 0.1) is 0 Å². The van der Waals surface area contributed by atoms with Gasteiger partial charge in [0.2, 0.25) is 0 Å². The Morgan fingerprint density at radius 3 is 1.00 bits per heavy atom. The van der Waals surface area contributed by atoms with Crippen molar-refractivity contribution in [3.8, 4) is 0 Å². The van der Waals surface area contributed by atoms with Crippen LogP contribution in [0.3, 0.4) is 0 Å². The zero-order valence-electron chi connectivity index (χ0n) is 7.42. The van der Waals surface area contributed by atoms with Gasteiger partial charge in [-0.25, -0.2) is 16.8 Å². The number of sulfone groups is 2. The van der Waals surface area contributed by atoms with E-state index >= 15 is 0 Å². The first-order valence-corrected chi connectivity index (χ1v) is 6.09. The molecule has 0 saturated heterocycles. The van der Waals surface area contributed by atoms with Crippen LogP contribution < -0.4 is 51.4 Å². The molecular formula is C3H2F6KO4S2+. The Balaban J connectivity index is 0. The van der Waals surface area contributed by atoms with E-state index in [-0.39, 0.29) is 51.4 Å². The molecule has 0 bridgehead atoms. The molecule has 0 aromatic carbocycles. The number of hydrogen-bond acceptors (Lipinski definition) is 4. The first-order chi connectivity index (χ1) is 6.21. The Labute approximate surface area is 129 Å². The van der Waals surface area contributed by atoms with E-state index in [4.69, 9.17) is 0 Å². The predicted octanol–water partition coefficient (Wildman–Crippen LogP) is -2.18. The smallest absolute Gasteiger partial charge is 0.218 e. The van der Waals surface area contributed by atoms with Gasteiger partial charge < -0.3 is 0 Å². The van der Waals surface area contributed by atoms with Gasteiger partial charge in [-0.3, -0.25) is 0 Å². The fourth-order valence-corrected chi connectivity index (χ4v) is 3.04. The number of halogens is 6. The number of alkyl halides is 6. The topological polar surface area (TPSA) is 68.3 Å². The van der Waals surface area contributed by atoms with E-state index in [1.54, 1.807) is 0 Å². The maximum Gasteiger partial charge on any atom is 1.00 e. The van der Waals surface area contributed by atoms with Crippen LogP contribution in [0.5, 0.6) is 0 Å². The summed E-state index contributed by atoms with van der Waals surface area (Å²) in [6.45, 7) is 0. The van der Waals surface area contributed by atoms with Crippen molar-refractivity contribution in [1.82, 2.24) is 0 Å². The summed E-state index contributed by atoms with van der Waals surface area (Å²) >= 11 is 0. The van der Waals surface area contributed by atoms with E-state index in [9.17, 15) is 43.2 Å². The maximum absolute atomic E-state index is 11.5. The fourth-order valence-electron chi connectivity index (χ4n) is 0.338. The van der Waals surface area contributed by atoms with E-state index in [1.165, 1.54) is 0 Å². The Kier molecular flexibility index (Phi) is 6.57. The molecule has 0 saturated carbocycles. The largest absolute Gasteiger partial charge is 1.00 e. The Morgan fingerprint density at radius 1 is 0.688 bits per heavy atom. The van der Waals surface area contributed by atoms with Crippen LogP contribution in [0.1, 0.15) is 0 Å². The van der Waals surface area contributed by atoms with Crippen LogP contribution in [0.2, 0.25) is 0 Å². The van der Waals surface area contributed by atoms with Gasteiger partial charge in [0.05, 0.1) is 0 Å². The summed E-state index contributed by atoms with van der Waals surface area (Å²) in [5, 5.41) is -3.03. The van der Waals surface area contributed by atoms with Crippen LogP contribution >= 0.6 is 0 Å². The summed E-state index contributed by atoms with van der Waals surface area (Å²) in [4.78, 5) is 0. The van der Waals surface area contributed by atoms with Crippen molar-refractivity contribution in [1.29, 1.82) is 0 Å². The Bertz CT molecular complexity index is 387. The molecule has 0 heterocycles. The van der Waals surface area contributed by atoms with Crippen molar-refractivity contribution in [2.45, 2.75) is 11.0 Å². The van der Waals surface area contributed by atoms with E-state index in [1.807, 2.05) is 0 Å². The molecule has 0 atom stereocenters. The summed E-state index contributed by atoms with van der Waals surface area (Å²) in [5.41, 5.74) is -12.1. The quantitative estimate of drug-likeness (QED) is 0.429.